The van der Waals surface area contributed by atoms with Crippen LogP contribution >= 0.6 is 11.6 Å². The predicted octanol–water partition coefficient (Wildman–Crippen LogP) is 4.19. The Balaban J connectivity index is 2.03. The van der Waals surface area contributed by atoms with Crippen LogP contribution in [0.2, 0.25) is 0 Å². The first-order valence-electron chi connectivity index (χ1n) is 7.04. The number of methoxy groups -OCH3 is 1. The molecule has 23 heavy (non-hydrogen) atoms. The molecular weight excluding hydrogens is 314 g/mol. The SMILES string of the molecule is COc1cccc2nc3cccc(-c4nc(CCl)co4)c3nc12. The van der Waals surface area contributed by atoms with E-state index in [2.05, 4.69) is 9.97 Å². The van der Waals surface area contributed by atoms with E-state index in [1.54, 1.807) is 13.4 Å². The van der Waals surface area contributed by atoms with Gasteiger partial charge in [-0.1, -0.05) is 12.1 Å². The number of benzene rings is 2. The van der Waals surface area contributed by atoms with Crippen LogP contribution in [-0.4, -0.2) is 22.1 Å². The molecule has 2 aromatic heterocycles. The summed E-state index contributed by atoms with van der Waals surface area (Å²) in [5, 5.41) is 0. The Labute approximate surface area is 136 Å². The molecule has 4 aromatic rings. The molecule has 0 radical (unpaired) electrons. The lowest BCUT2D eigenvalue weighted by molar-refractivity contribution is 0.419. The lowest BCUT2D eigenvalue weighted by Gasteiger charge is -2.07. The van der Waals surface area contributed by atoms with E-state index in [0.717, 1.165) is 16.6 Å². The van der Waals surface area contributed by atoms with Crippen molar-refractivity contribution < 1.29 is 9.15 Å². The van der Waals surface area contributed by atoms with E-state index in [0.29, 0.717) is 34.2 Å². The summed E-state index contributed by atoms with van der Waals surface area (Å²) in [7, 11) is 1.62. The monoisotopic (exact) mass is 325 g/mol. The topological polar surface area (TPSA) is 61.0 Å². The van der Waals surface area contributed by atoms with E-state index in [-0.39, 0.29) is 0 Å². The van der Waals surface area contributed by atoms with Gasteiger partial charge in [-0.3, -0.25) is 0 Å². The van der Waals surface area contributed by atoms with E-state index < -0.39 is 0 Å². The second-order valence-electron chi connectivity index (χ2n) is 5.00. The molecule has 0 saturated carbocycles. The maximum absolute atomic E-state index is 5.80. The first-order valence-corrected chi connectivity index (χ1v) is 7.58. The number of ether oxygens (including phenoxy) is 1. The summed E-state index contributed by atoms with van der Waals surface area (Å²) in [5.74, 6) is 1.46. The number of halogens is 1. The van der Waals surface area contributed by atoms with Crippen molar-refractivity contribution in [3.63, 3.8) is 0 Å². The van der Waals surface area contributed by atoms with Gasteiger partial charge in [0.05, 0.1) is 35.3 Å². The summed E-state index contributed by atoms with van der Waals surface area (Å²) in [5.41, 5.74) is 4.44. The zero-order valence-electron chi connectivity index (χ0n) is 12.3. The van der Waals surface area contributed by atoms with Gasteiger partial charge in [0.1, 0.15) is 23.0 Å². The average molecular weight is 326 g/mol. The quantitative estimate of drug-likeness (QED) is 0.417. The molecule has 2 aromatic carbocycles. The normalized spacial score (nSPS) is 11.2. The van der Waals surface area contributed by atoms with Crippen LogP contribution in [0.5, 0.6) is 5.75 Å². The Morgan fingerprint density at radius 2 is 1.78 bits per heavy atom. The molecule has 114 valence electrons. The standard InChI is InChI=1S/C17H12ClN3O2/c1-22-14-7-3-6-13-16(14)21-15-11(4-2-5-12(15)20-13)17-19-10(8-18)9-23-17/h2-7,9H,8H2,1H3. The molecule has 0 spiro atoms. The zero-order chi connectivity index (χ0) is 15.8. The van der Waals surface area contributed by atoms with E-state index in [9.17, 15) is 0 Å². The molecule has 0 aliphatic carbocycles. The highest BCUT2D eigenvalue weighted by molar-refractivity contribution is 6.16. The van der Waals surface area contributed by atoms with Gasteiger partial charge in [-0.15, -0.1) is 11.6 Å². The summed E-state index contributed by atoms with van der Waals surface area (Å²) >= 11 is 5.80. The second-order valence-corrected chi connectivity index (χ2v) is 5.27. The molecule has 0 amide bonds. The van der Waals surface area contributed by atoms with Crippen molar-refractivity contribution in [3.05, 3.63) is 48.4 Å². The van der Waals surface area contributed by atoms with Gasteiger partial charge in [-0.05, 0) is 24.3 Å². The van der Waals surface area contributed by atoms with Gasteiger partial charge in [-0.2, -0.15) is 0 Å². The zero-order valence-corrected chi connectivity index (χ0v) is 13.0. The Morgan fingerprint density at radius 3 is 2.52 bits per heavy atom. The second kappa shape index (κ2) is 5.52. The smallest absolute Gasteiger partial charge is 0.228 e. The number of para-hydroxylation sites is 2. The molecule has 0 unspecified atom stereocenters. The lowest BCUT2D eigenvalue weighted by Crippen LogP contribution is -1.93. The van der Waals surface area contributed by atoms with E-state index in [4.69, 9.17) is 25.7 Å². The highest BCUT2D eigenvalue weighted by Gasteiger charge is 2.14. The van der Waals surface area contributed by atoms with Crippen molar-refractivity contribution >= 4 is 33.7 Å². The van der Waals surface area contributed by atoms with Crippen molar-refractivity contribution in [2.75, 3.05) is 7.11 Å². The van der Waals surface area contributed by atoms with Gasteiger partial charge in [-0.25, -0.2) is 15.0 Å². The Kier molecular flexibility index (Phi) is 3.35. The minimum absolute atomic E-state index is 0.302. The van der Waals surface area contributed by atoms with E-state index in [1.807, 2.05) is 36.4 Å². The number of alkyl halides is 1. The van der Waals surface area contributed by atoms with Crippen molar-refractivity contribution in [2.45, 2.75) is 5.88 Å². The summed E-state index contributed by atoms with van der Waals surface area (Å²) in [4.78, 5) is 13.8. The van der Waals surface area contributed by atoms with E-state index in [1.165, 1.54) is 0 Å². The first-order chi connectivity index (χ1) is 11.3. The molecular formula is C17H12ClN3O2. The molecule has 2 heterocycles. The predicted molar refractivity (Wildman–Crippen MR) is 88.7 cm³/mol. The molecule has 0 bridgehead atoms. The van der Waals surface area contributed by atoms with Crippen LogP contribution in [0.4, 0.5) is 0 Å². The van der Waals surface area contributed by atoms with Gasteiger partial charge in [0.2, 0.25) is 5.89 Å². The molecule has 0 atom stereocenters. The summed E-state index contributed by atoms with van der Waals surface area (Å²) in [6.45, 7) is 0. The fraction of sp³-hybridized carbons (Fsp3) is 0.118. The van der Waals surface area contributed by atoms with Crippen LogP contribution in [0, 0.1) is 0 Å². The number of fused-ring (bicyclic) bond motifs is 2. The van der Waals surface area contributed by atoms with Gasteiger partial charge in [0, 0.05) is 0 Å². The van der Waals surface area contributed by atoms with Crippen molar-refractivity contribution in [1.29, 1.82) is 0 Å². The van der Waals surface area contributed by atoms with Crippen LogP contribution in [0.3, 0.4) is 0 Å². The maximum Gasteiger partial charge on any atom is 0.228 e. The Hall–Kier alpha value is -2.66. The Morgan fingerprint density at radius 1 is 1.00 bits per heavy atom. The van der Waals surface area contributed by atoms with Crippen molar-refractivity contribution in [1.82, 2.24) is 15.0 Å². The summed E-state index contributed by atoms with van der Waals surface area (Å²) < 4.78 is 10.9. The summed E-state index contributed by atoms with van der Waals surface area (Å²) in [6.07, 6.45) is 1.55. The summed E-state index contributed by atoms with van der Waals surface area (Å²) in [6, 6.07) is 11.4. The first kappa shape index (κ1) is 14.0. The molecule has 0 aliphatic rings. The van der Waals surface area contributed by atoms with Crippen LogP contribution in [0.15, 0.2) is 47.1 Å². The van der Waals surface area contributed by atoms with Gasteiger partial charge in [0.15, 0.2) is 0 Å². The number of nitrogens with zero attached hydrogens (tertiary/aromatic N) is 3. The number of hydrogen-bond donors (Lipinski definition) is 0. The largest absolute Gasteiger partial charge is 0.494 e. The molecule has 0 saturated heterocycles. The lowest BCUT2D eigenvalue weighted by atomic mass is 10.1. The molecule has 0 fully saturated rings. The van der Waals surface area contributed by atoms with Crippen LogP contribution in [-0.2, 0) is 5.88 Å². The van der Waals surface area contributed by atoms with Crippen molar-refractivity contribution in [3.8, 4) is 17.2 Å². The maximum atomic E-state index is 5.80. The molecule has 0 aliphatic heterocycles. The minimum Gasteiger partial charge on any atom is -0.494 e. The van der Waals surface area contributed by atoms with Gasteiger partial charge < -0.3 is 9.15 Å². The minimum atomic E-state index is 0.302. The number of hydrogen-bond acceptors (Lipinski definition) is 5. The molecule has 5 nitrogen and oxygen atoms in total. The van der Waals surface area contributed by atoms with Crippen LogP contribution < -0.4 is 4.74 Å². The number of aromatic nitrogens is 3. The van der Waals surface area contributed by atoms with Gasteiger partial charge in [0.25, 0.3) is 0 Å². The fourth-order valence-electron chi connectivity index (χ4n) is 2.52. The van der Waals surface area contributed by atoms with Crippen LogP contribution in [0.1, 0.15) is 5.69 Å². The Bertz CT molecular complexity index is 1010. The third-order valence-electron chi connectivity index (χ3n) is 3.60. The fourth-order valence-corrected chi connectivity index (χ4v) is 2.65. The highest BCUT2D eigenvalue weighted by atomic mass is 35.5. The van der Waals surface area contributed by atoms with Crippen LogP contribution in [0.25, 0.3) is 33.5 Å². The molecule has 6 heteroatoms. The van der Waals surface area contributed by atoms with Gasteiger partial charge >= 0.3 is 0 Å². The number of oxazole rings is 1. The van der Waals surface area contributed by atoms with E-state index >= 15 is 0 Å². The third-order valence-corrected chi connectivity index (χ3v) is 3.87. The van der Waals surface area contributed by atoms with Crippen molar-refractivity contribution in [2.24, 2.45) is 0 Å². The third kappa shape index (κ3) is 2.29. The molecule has 4 rings (SSSR count). The molecule has 0 N–H and O–H groups in total. The number of rotatable bonds is 3. The average Bonchev–Trinajstić information content (AvgIpc) is 3.07. The highest BCUT2D eigenvalue weighted by Crippen LogP contribution is 2.30.